The summed E-state index contributed by atoms with van der Waals surface area (Å²) in [5.41, 5.74) is 1.70. The molecule has 1 aliphatic rings. The van der Waals surface area contributed by atoms with Crippen LogP contribution in [-0.2, 0) is 9.53 Å². The predicted octanol–water partition coefficient (Wildman–Crippen LogP) is 0.912. The van der Waals surface area contributed by atoms with Gasteiger partial charge in [-0.2, -0.15) is 5.10 Å². The lowest BCUT2D eigenvalue weighted by molar-refractivity contribution is -0.128. The van der Waals surface area contributed by atoms with Crippen LogP contribution in [0.4, 0.5) is 5.69 Å². The van der Waals surface area contributed by atoms with E-state index in [1.807, 2.05) is 18.2 Å². The average Bonchev–Trinajstić information content (AvgIpc) is 2.87. The molecule has 6 nitrogen and oxygen atoms in total. The number of carbonyl (C=O) groups is 1. The van der Waals surface area contributed by atoms with Crippen LogP contribution in [0.2, 0.25) is 0 Å². The fourth-order valence-corrected chi connectivity index (χ4v) is 1.98. The number of benzene rings is 1. The number of anilines is 1. The van der Waals surface area contributed by atoms with E-state index in [9.17, 15) is 4.79 Å². The molecular formula is C12H15ClN4O2. The number of aromatic amines is 1. The van der Waals surface area contributed by atoms with Gasteiger partial charge in [0.15, 0.2) is 0 Å². The molecule has 1 atom stereocenters. The zero-order valence-electron chi connectivity index (χ0n) is 10.2. The molecular weight excluding hydrogens is 268 g/mol. The smallest absolute Gasteiger partial charge is 0.254 e. The number of aromatic nitrogens is 2. The van der Waals surface area contributed by atoms with E-state index in [0.29, 0.717) is 13.2 Å². The number of halogens is 1. The van der Waals surface area contributed by atoms with Crippen molar-refractivity contribution >= 4 is 34.9 Å². The second-order valence-corrected chi connectivity index (χ2v) is 4.22. The SMILES string of the molecule is Cl.O=C(Nc1ccc2[nH]ncc2c1)C1CNCCO1. The van der Waals surface area contributed by atoms with Crippen molar-refractivity contribution in [2.75, 3.05) is 25.0 Å². The third kappa shape index (κ3) is 3.04. The Labute approximate surface area is 116 Å². The number of ether oxygens (including phenoxy) is 1. The number of hydrogen-bond acceptors (Lipinski definition) is 4. The van der Waals surface area contributed by atoms with Crippen LogP contribution >= 0.6 is 12.4 Å². The molecule has 1 unspecified atom stereocenters. The van der Waals surface area contributed by atoms with E-state index in [0.717, 1.165) is 23.1 Å². The van der Waals surface area contributed by atoms with Gasteiger partial charge in [-0.25, -0.2) is 0 Å². The summed E-state index contributed by atoms with van der Waals surface area (Å²) in [5.74, 6) is -0.120. The van der Waals surface area contributed by atoms with Gasteiger partial charge in [0.2, 0.25) is 0 Å². The number of hydrogen-bond donors (Lipinski definition) is 3. The molecule has 3 N–H and O–H groups in total. The number of rotatable bonds is 2. The minimum atomic E-state index is -0.418. The van der Waals surface area contributed by atoms with Gasteiger partial charge in [0.25, 0.3) is 5.91 Å². The van der Waals surface area contributed by atoms with Crippen LogP contribution in [0.15, 0.2) is 24.4 Å². The number of fused-ring (bicyclic) bond motifs is 1. The molecule has 1 aromatic carbocycles. The molecule has 19 heavy (non-hydrogen) atoms. The fourth-order valence-electron chi connectivity index (χ4n) is 1.98. The molecule has 102 valence electrons. The first kappa shape index (κ1) is 13.8. The van der Waals surface area contributed by atoms with E-state index in [-0.39, 0.29) is 18.3 Å². The summed E-state index contributed by atoms with van der Waals surface area (Å²) in [6, 6.07) is 5.61. The molecule has 0 radical (unpaired) electrons. The Morgan fingerprint density at radius 3 is 3.16 bits per heavy atom. The van der Waals surface area contributed by atoms with E-state index in [2.05, 4.69) is 20.8 Å². The van der Waals surface area contributed by atoms with Crippen molar-refractivity contribution in [2.24, 2.45) is 0 Å². The fraction of sp³-hybridized carbons (Fsp3) is 0.333. The van der Waals surface area contributed by atoms with Gasteiger partial charge in [-0.1, -0.05) is 0 Å². The molecule has 1 saturated heterocycles. The molecule has 2 aromatic rings. The van der Waals surface area contributed by atoms with Gasteiger partial charge < -0.3 is 15.4 Å². The van der Waals surface area contributed by atoms with E-state index in [4.69, 9.17) is 4.74 Å². The van der Waals surface area contributed by atoms with Crippen molar-refractivity contribution in [3.8, 4) is 0 Å². The molecule has 1 aliphatic heterocycles. The highest BCUT2D eigenvalue weighted by Gasteiger charge is 2.21. The summed E-state index contributed by atoms with van der Waals surface area (Å²) >= 11 is 0. The standard InChI is InChI=1S/C12H14N4O2.ClH/c17-12(11-7-13-3-4-18-11)15-9-1-2-10-8(5-9)6-14-16-10;/h1-2,5-6,11,13H,3-4,7H2,(H,14,16)(H,15,17);1H. The molecule has 1 fully saturated rings. The second-order valence-electron chi connectivity index (χ2n) is 4.22. The van der Waals surface area contributed by atoms with Gasteiger partial charge >= 0.3 is 0 Å². The molecule has 0 bridgehead atoms. The Kier molecular flexibility index (Phi) is 4.36. The lowest BCUT2D eigenvalue weighted by atomic mass is 10.2. The van der Waals surface area contributed by atoms with E-state index in [1.54, 1.807) is 6.20 Å². The van der Waals surface area contributed by atoms with Crippen LogP contribution in [0.3, 0.4) is 0 Å². The summed E-state index contributed by atoms with van der Waals surface area (Å²) in [6.07, 6.45) is 1.31. The van der Waals surface area contributed by atoms with Crippen molar-refractivity contribution in [1.82, 2.24) is 15.5 Å². The Morgan fingerprint density at radius 2 is 2.37 bits per heavy atom. The number of nitrogens with one attached hydrogen (secondary N) is 3. The van der Waals surface area contributed by atoms with Crippen LogP contribution < -0.4 is 10.6 Å². The summed E-state index contributed by atoms with van der Waals surface area (Å²) in [6.45, 7) is 1.92. The highest BCUT2D eigenvalue weighted by atomic mass is 35.5. The highest BCUT2D eigenvalue weighted by molar-refractivity contribution is 5.96. The number of H-pyrrole nitrogens is 1. The summed E-state index contributed by atoms with van der Waals surface area (Å²) in [5, 5.41) is 13.7. The maximum atomic E-state index is 11.9. The second kappa shape index (κ2) is 6.01. The minimum Gasteiger partial charge on any atom is -0.366 e. The maximum absolute atomic E-state index is 11.9. The van der Waals surface area contributed by atoms with Crippen LogP contribution in [0, 0.1) is 0 Å². The van der Waals surface area contributed by atoms with Gasteiger partial charge in [-0.05, 0) is 18.2 Å². The Morgan fingerprint density at radius 1 is 1.47 bits per heavy atom. The maximum Gasteiger partial charge on any atom is 0.254 e. The predicted molar refractivity (Wildman–Crippen MR) is 74.6 cm³/mol. The topological polar surface area (TPSA) is 79.0 Å². The largest absolute Gasteiger partial charge is 0.366 e. The molecule has 1 amide bonds. The van der Waals surface area contributed by atoms with E-state index in [1.165, 1.54) is 0 Å². The van der Waals surface area contributed by atoms with E-state index >= 15 is 0 Å². The van der Waals surface area contributed by atoms with E-state index < -0.39 is 6.10 Å². The van der Waals surface area contributed by atoms with Crippen molar-refractivity contribution in [2.45, 2.75) is 6.10 Å². The summed E-state index contributed by atoms with van der Waals surface area (Å²) in [7, 11) is 0. The number of carbonyl (C=O) groups excluding carboxylic acids is 1. The third-order valence-corrected chi connectivity index (χ3v) is 2.93. The van der Waals surface area contributed by atoms with Gasteiger partial charge in [0.1, 0.15) is 6.10 Å². The van der Waals surface area contributed by atoms with Gasteiger partial charge in [0.05, 0.1) is 18.3 Å². The lowest BCUT2D eigenvalue weighted by Gasteiger charge is -2.22. The van der Waals surface area contributed by atoms with Crippen LogP contribution in [-0.4, -0.2) is 41.9 Å². The number of morpholine rings is 1. The minimum absolute atomic E-state index is 0. The Bertz CT molecular complexity index is 566. The highest BCUT2D eigenvalue weighted by Crippen LogP contribution is 2.17. The van der Waals surface area contributed by atoms with Crippen molar-refractivity contribution in [3.05, 3.63) is 24.4 Å². The molecule has 2 heterocycles. The molecule has 0 aliphatic carbocycles. The first-order valence-electron chi connectivity index (χ1n) is 5.89. The Balaban J connectivity index is 0.00000133. The molecule has 7 heteroatoms. The van der Waals surface area contributed by atoms with Crippen molar-refractivity contribution in [1.29, 1.82) is 0 Å². The number of nitrogens with zero attached hydrogens (tertiary/aromatic N) is 1. The first-order chi connectivity index (χ1) is 8.83. The zero-order chi connectivity index (χ0) is 12.4. The van der Waals surface area contributed by atoms with Gasteiger partial charge in [0, 0.05) is 24.2 Å². The number of amides is 1. The monoisotopic (exact) mass is 282 g/mol. The molecule has 3 rings (SSSR count). The van der Waals surface area contributed by atoms with Crippen molar-refractivity contribution < 1.29 is 9.53 Å². The molecule has 0 saturated carbocycles. The lowest BCUT2D eigenvalue weighted by Crippen LogP contribution is -2.45. The Hall–Kier alpha value is -1.63. The van der Waals surface area contributed by atoms with Crippen LogP contribution in [0.25, 0.3) is 10.9 Å². The first-order valence-corrected chi connectivity index (χ1v) is 5.89. The van der Waals surface area contributed by atoms with Crippen LogP contribution in [0.1, 0.15) is 0 Å². The van der Waals surface area contributed by atoms with Gasteiger partial charge in [-0.3, -0.25) is 9.89 Å². The normalized spacial score (nSPS) is 18.8. The summed E-state index contributed by atoms with van der Waals surface area (Å²) < 4.78 is 5.39. The average molecular weight is 283 g/mol. The zero-order valence-corrected chi connectivity index (χ0v) is 11.0. The quantitative estimate of drug-likeness (QED) is 0.765. The summed E-state index contributed by atoms with van der Waals surface area (Å²) in [4.78, 5) is 11.9. The molecule has 0 spiro atoms. The van der Waals surface area contributed by atoms with Gasteiger partial charge in [-0.15, -0.1) is 12.4 Å². The van der Waals surface area contributed by atoms with Crippen molar-refractivity contribution in [3.63, 3.8) is 0 Å². The molecule has 1 aromatic heterocycles. The third-order valence-electron chi connectivity index (χ3n) is 2.93. The van der Waals surface area contributed by atoms with Crippen LogP contribution in [0.5, 0.6) is 0 Å².